The minimum Gasteiger partial charge on any atom is -0.394 e. The molecule has 0 saturated carbocycles. The predicted octanol–water partition coefficient (Wildman–Crippen LogP) is -0.798. The Hall–Kier alpha value is -0.280. The van der Waals surface area contributed by atoms with Crippen LogP contribution < -0.4 is 0 Å². The molecule has 72 valence electrons. The lowest BCUT2D eigenvalue weighted by atomic mass is 10.8. The van der Waals surface area contributed by atoms with Crippen molar-refractivity contribution in [2.24, 2.45) is 0 Å². The van der Waals surface area contributed by atoms with Crippen LogP contribution in [0.4, 0.5) is 0 Å². The molecule has 6 nitrogen and oxygen atoms in total. The first-order valence-corrected chi connectivity index (χ1v) is 3.94. The van der Waals surface area contributed by atoms with Crippen LogP contribution in [0.1, 0.15) is 0 Å². The second-order valence-corrected chi connectivity index (χ2v) is 3.02. The zero-order valence-corrected chi connectivity index (χ0v) is 7.68. The first-order valence-electron chi connectivity index (χ1n) is 2.76. The summed E-state index contributed by atoms with van der Waals surface area (Å²) in [4.78, 5) is 9.54. The van der Waals surface area contributed by atoms with E-state index in [1.165, 1.54) is 0 Å². The number of nitro groups is 1. The Balaban J connectivity index is 0. The molecule has 3 N–H and O–H groups in total. The second kappa shape index (κ2) is 10.7. The molecule has 0 aromatic carbocycles. The highest BCUT2D eigenvalue weighted by atomic mass is 32.2. The number of hydrogen-bond donors (Lipinski definition) is 3. The van der Waals surface area contributed by atoms with Crippen LogP contribution in [0.2, 0.25) is 0 Å². The van der Waals surface area contributed by atoms with Crippen LogP contribution in [0.3, 0.4) is 0 Å². The Bertz CT molecular complexity index is 139. The van der Waals surface area contributed by atoms with Gasteiger partial charge >= 0.3 is 0 Å². The molecule has 0 radical (unpaired) electrons. The number of aliphatic hydroxyl groups excluding tert-OH is 3. The van der Waals surface area contributed by atoms with Gasteiger partial charge in [-0.3, -0.25) is 10.1 Å². The number of aliphatic hydroxyl groups is 3. The molecule has 0 unspecified atom stereocenters. The minimum absolute atomic E-state index is 0.0185. The second-order valence-electron chi connectivity index (χ2n) is 1.29. The number of thiocarbonyl (C=S) groups is 1. The summed E-state index contributed by atoms with van der Waals surface area (Å²) in [6.07, 6.45) is 0. The lowest BCUT2D eigenvalue weighted by Crippen LogP contribution is -1.98. The molecule has 0 heterocycles. The fourth-order valence-electron chi connectivity index (χ4n) is 0.112. The molecule has 8 heteroatoms. The topological polar surface area (TPSA) is 104 Å². The summed E-state index contributed by atoms with van der Waals surface area (Å²) in [5.74, 6) is 0. The predicted molar refractivity (Wildman–Crippen MR) is 48.4 cm³/mol. The maximum absolute atomic E-state index is 9.54. The SMILES string of the molecule is O=[N+]([O-])SC(=S)CO.OCCO. The lowest BCUT2D eigenvalue weighted by Gasteiger charge is -1.84. The molecule has 12 heavy (non-hydrogen) atoms. The quantitative estimate of drug-likeness (QED) is 0.245. The van der Waals surface area contributed by atoms with Crippen LogP contribution in [-0.4, -0.2) is 43.7 Å². The summed E-state index contributed by atoms with van der Waals surface area (Å²) >= 11 is 4.56. The Labute approximate surface area is 78.5 Å². The molecule has 0 aliphatic carbocycles. The zero-order chi connectivity index (χ0) is 9.98. The van der Waals surface area contributed by atoms with Gasteiger partial charge in [-0.1, -0.05) is 12.2 Å². The molecule has 0 saturated heterocycles. The van der Waals surface area contributed by atoms with Gasteiger partial charge in [-0.05, 0) is 0 Å². The zero-order valence-electron chi connectivity index (χ0n) is 6.04. The van der Waals surface area contributed by atoms with E-state index in [9.17, 15) is 10.1 Å². The van der Waals surface area contributed by atoms with Crippen LogP contribution in [0.15, 0.2) is 0 Å². The molecule has 0 amide bonds. The van der Waals surface area contributed by atoms with E-state index < -0.39 is 10.9 Å². The molecule has 0 aliphatic heterocycles. The Morgan fingerprint density at radius 3 is 1.92 bits per heavy atom. The van der Waals surface area contributed by atoms with E-state index in [2.05, 4.69) is 12.2 Å². The monoisotopic (exact) mass is 215 g/mol. The summed E-state index contributed by atoms with van der Waals surface area (Å²) in [6.45, 7) is -0.666. The highest BCUT2D eigenvalue weighted by Gasteiger charge is 2.05. The van der Waals surface area contributed by atoms with Gasteiger partial charge < -0.3 is 15.3 Å². The normalized spacial score (nSPS) is 8.25. The Morgan fingerprint density at radius 1 is 1.42 bits per heavy atom. The van der Waals surface area contributed by atoms with Gasteiger partial charge in [0.2, 0.25) is 0 Å². The third-order valence-corrected chi connectivity index (χ3v) is 1.24. The van der Waals surface area contributed by atoms with E-state index in [0.717, 1.165) is 0 Å². The molecule has 0 atom stereocenters. The molecule has 0 aliphatic rings. The maximum Gasteiger partial charge on any atom is 0.275 e. The smallest absolute Gasteiger partial charge is 0.275 e. The first-order chi connectivity index (χ1) is 5.58. The van der Waals surface area contributed by atoms with Crippen molar-refractivity contribution in [1.29, 1.82) is 0 Å². The summed E-state index contributed by atoms with van der Waals surface area (Å²) in [6, 6.07) is 0. The largest absolute Gasteiger partial charge is 0.394 e. The third-order valence-electron chi connectivity index (χ3n) is 0.405. The van der Waals surface area contributed by atoms with Gasteiger partial charge in [0.05, 0.1) is 19.8 Å². The van der Waals surface area contributed by atoms with Gasteiger partial charge in [-0.25, -0.2) is 0 Å². The van der Waals surface area contributed by atoms with Crippen LogP contribution >= 0.6 is 24.2 Å². The summed E-state index contributed by atoms with van der Waals surface area (Å²) in [5.41, 5.74) is 0. The van der Waals surface area contributed by atoms with Gasteiger partial charge in [0.1, 0.15) is 8.53 Å². The van der Waals surface area contributed by atoms with Crippen LogP contribution in [0.25, 0.3) is 0 Å². The number of hydrogen-bond acceptors (Lipinski definition) is 7. The van der Waals surface area contributed by atoms with Crippen molar-refractivity contribution < 1.29 is 19.6 Å². The maximum atomic E-state index is 9.54. The van der Waals surface area contributed by atoms with E-state index in [0.29, 0.717) is 0 Å². The van der Waals surface area contributed by atoms with E-state index in [-0.39, 0.29) is 29.4 Å². The molecular weight excluding hydrogens is 206 g/mol. The van der Waals surface area contributed by atoms with Crippen molar-refractivity contribution in [3.63, 3.8) is 0 Å². The van der Waals surface area contributed by atoms with E-state index in [4.69, 9.17) is 15.3 Å². The summed E-state index contributed by atoms with van der Waals surface area (Å²) < 4.78 is -0.673. The van der Waals surface area contributed by atoms with Crippen LogP contribution in [-0.2, 0) is 0 Å². The summed E-state index contributed by atoms with van der Waals surface area (Å²) in [7, 11) is 0. The van der Waals surface area contributed by atoms with Gasteiger partial charge in [-0.15, -0.1) is 0 Å². The van der Waals surface area contributed by atoms with Crippen molar-refractivity contribution in [1.82, 2.24) is 0 Å². The molecule has 0 rings (SSSR count). The highest BCUT2D eigenvalue weighted by Crippen LogP contribution is 2.01. The fourth-order valence-corrected chi connectivity index (χ4v) is 0.519. The van der Waals surface area contributed by atoms with Crippen molar-refractivity contribution in [2.75, 3.05) is 19.8 Å². The van der Waals surface area contributed by atoms with Crippen molar-refractivity contribution in [3.05, 3.63) is 10.1 Å². The van der Waals surface area contributed by atoms with Crippen molar-refractivity contribution in [3.8, 4) is 0 Å². The average molecular weight is 215 g/mol. The molecule has 0 aromatic rings. The molecule has 0 fully saturated rings. The Kier molecular flexibility index (Phi) is 12.7. The van der Waals surface area contributed by atoms with Gasteiger partial charge in [0.15, 0.2) is 0 Å². The van der Waals surface area contributed by atoms with Crippen molar-refractivity contribution in [2.45, 2.75) is 0 Å². The van der Waals surface area contributed by atoms with E-state index >= 15 is 0 Å². The molecule has 0 aromatic heterocycles. The van der Waals surface area contributed by atoms with E-state index in [1.807, 2.05) is 0 Å². The minimum atomic E-state index is -0.654. The standard InChI is InChI=1S/C2H3NO3S2.C2H6O2/c4-1-2(7)8-3(5)6;3-1-2-4/h4H,1H2;3-4H,1-2H2. The van der Waals surface area contributed by atoms with Crippen LogP contribution in [0.5, 0.6) is 0 Å². The van der Waals surface area contributed by atoms with Gasteiger partial charge in [0.25, 0.3) is 11.9 Å². The molecule has 0 spiro atoms. The van der Waals surface area contributed by atoms with Gasteiger partial charge in [0, 0.05) is 0 Å². The lowest BCUT2D eigenvalue weighted by molar-refractivity contribution is -0.281. The Morgan fingerprint density at radius 2 is 1.83 bits per heavy atom. The van der Waals surface area contributed by atoms with E-state index in [1.54, 1.807) is 0 Å². The summed E-state index contributed by atoms with van der Waals surface area (Å²) in [5, 5.41) is 32.9. The van der Waals surface area contributed by atoms with Crippen LogP contribution in [0, 0.1) is 10.1 Å². The number of rotatable bonds is 3. The highest BCUT2D eigenvalue weighted by molar-refractivity contribution is 8.19. The number of nitrogens with zero attached hydrogens (tertiary/aromatic N) is 1. The first kappa shape index (κ1) is 14.3. The fraction of sp³-hybridized carbons (Fsp3) is 0.750. The molecular formula is C4H9NO5S2. The average Bonchev–Trinajstić information content (AvgIpc) is 2.04. The molecule has 0 bridgehead atoms. The van der Waals surface area contributed by atoms with Crippen molar-refractivity contribution >= 4 is 28.4 Å². The third kappa shape index (κ3) is 16.4. The van der Waals surface area contributed by atoms with Gasteiger partial charge in [-0.2, -0.15) is 0 Å².